The highest BCUT2D eigenvalue weighted by molar-refractivity contribution is 7.89. The number of hydrogen-bond donors (Lipinski definition) is 1. The molecule has 17 heavy (non-hydrogen) atoms. The van der Waals surface area contributed by atoms with Crippen LogP contribution in [0.1, 0.15) is 32.6 Å². The highest BCUT2D eigenvalue weighted by Crippen LogP contribution is 2.31. The van der Waals surface area contributed by atoms with E-state index >= 15 is 0 Å². The lowest BCUT2D eigenvalue weighted by atomic mass is 9.84. The molecule has 2 heterocycles. The summed E-state index contributed by atoms with van der Waals surface area (Å²) in [6, 6.07) is 0. The van der Waals surface area contributed by atoms with Crippen LogP contribution in [0.15, 0.2) is 0 Å². The van der Waals surface area contributed by atoms with Gasteiger partial charge in [-0.15, -0.1) is 0 Å². The Kier molecular flexibility index (Phi) is 4.44. The van der Waals surface area contributed by atoms with E-state index in [1.54, 1.807) is 4.31 Å². The Bertz CT molecular complexity index is 336. The minimum Gasteiger partial charge on any atom is -0.317 e. The molecule has 0 amide bonds. The first-order valence-corrected chi connectivity index (χ1v) is 8.43. The van der Waals surface area contributed by atoms with Crippen molar-refractivity contribution >= 4 is 10.0 Å². The van der Waals surface area contributed by atoms with Gasteiger partial charge in [0.2, 0.25) is 10.0 Å². The van der Waals surface area contributed by atoms with Gasteiger partial charge in [-0.1, -0.05) is 6.92 Å². The number of nitrogens with zero attached hydrogens (tertiary/aromatic N) is 1. The molecule has 0 aromatic heterocycles. The lowest BCUT2D eigenvalue weighted by Crippen LogP contribution is -2.35. The van der Waals surface area contributed by atoms with Crippen LogP contribution in [0.4, 0.5) is 0 Å². The van der Waals surface area contributed by atoms with Gasteiger partial charge in [0.1, 0.15) is 0 Å². The summed E-state index contributed by atoms with van der Waals surface area (Å²) in [5, 5.41) is 3.37. The van der Waals surface area contributed by atoms with Crippen LogP contribution in [-0.2, 0) is 10.0 Å². The molecule has 0 radical (unpaired) electrons. The van der Waals surface area contributed by atoms with Crippen LogP contribution in [0.5, 0.6) is 0 Å². The van der Waals surface area contributed by atoms with Crippen molar-refractivity contribution in [1.82, 2.24) is 9.62 Å². The molecule has 2 aliphatic rings. The van der Waals surface area contributed by atoms with Crippen molar-refractivity contribution in [3.05, 3.63) is 0 Å². The average Bonchev–Trinajstić information content (AvgIpc) is 2.80. The van der Waals surface area contributed by atoms with E-state index in [1.807, 2.05) is 6.92 Å². The van der Waals surface area contributed by atoms with Crippen molar-refractivity contribution in [2.24, 2.45) is 11.8 Å². The molecule has 0 saturated carbocycles. The SMILES string of the molecule is CCCS(=O)(=O)N1CCC(C2CCNCC2)C1. The second-order valence-electron chi connectivity index (χ2n) is 5.31. The molecular formula is C12H24N2O2S. The zero-order chi connectivity index (χ0) is 12.3. The number of piperidine rings is 1. The van der Waals surface area contributed by atoms with Crippen LogP contribution in [0.3, 0.4) is 0 Å². The van der Waals surface area contributed by atoms with Gasteiger partial charge < -0.3 is 5.32 Å². The third-order valence-electron chi connectivity index (χ3n) is 4.09. The molecule has 1 atom stereocenters. The van der Waals surface area contributed by atoms with Crippen molar-refractivity contribution < 1.29 is 8.42 Å². The largest absolute Gasteiger partial charge is 0.317 e. The van der Waals surface area contributed by atoms with Gasteiger partial charge in [-0.2, -0.15) is 0 Å². The summed E-state index contributed by atoms with van der Waals surface area (Å²) in [5.74, 6) is 1.65. The van der Waals surface area contributed by atoms with Gasteiger partial charge in [-0.05, 0) is 50.6 Å². The van der Waals surface area contributed by atoms with Crippen molar-refractivity contribution in [3.63, 3.8) is 0 Å². The van der Waals surface area contributed by atoms with Crippen LogP contribution in [-0.4, -0.2) is 44.7 Å². The fourth-order valence-electron chi connectivity index (χ4n) is 3.09. The normalized spacial score (nSPS) is 28.6. The summed E-state index contributed by atoms with van der Waals surface area (Å²) < 4.78 is 25.7. The Morgan fingerprint density at radius 1 is 1.18 bits per heavy atom. The molecule has 1 unspecified atom stereocenters. The fourth-order valence-corrected chi connectivity index (χ4v) is 4.67. The Labute approximate surface area is 105 Å². The number of rotatable bonds is 4. The Balaban J connectivity index is 1.90. The third-order valence-corrected chi connectivity index (χ3v) is 6.14. The van der Waals surface area contributed by atoms with E-state index in [2.05, 4.69) is 5.32 Å². The molecule has 2 saturated heterocycles. The van der Waals surface area contributed by atoms with Gasteiger partial charge >= 0.3 is 0 Å². The van der Waals surface area contributed by atoms with Crippen molar-refractivity contribution in [3.8, 4) is 0 Å². The fraction of sp³-hybridized carbons (Fsp3) is 1.00. The van der Waals surface area contributed by atoms with Crippen molar-refractivity contribution in [2.45, 2.75) is 32.6 Å². The molecule has 100 valence electrons. The van der Waals surface area contributed by atoms with Crippen LogP contribution < -0.4 is 5.32 Å². The van der Waals surface area contributed by atoms with E-state index in [9.17, 15) is 8.42 Å². The van der Waals surface area contributed by atoms with Gasteiger partial charge in [0.05, 0.1) is 5.75 Å². The van der Waals surface area contributed by atoms with E-state index < -0.39 is 10.0 Å². The zero-order valence-corrected chi connectivity index (χ0v) is 11.5. The molecule has 2 aliphatic heterocycles. The number of nitrogens with one attached hydrogen (secondary N) is 1. The third kappa shape index (κ3) is 3.20. The first-order valence-electron chi connectivity index (χ1n) is 6.82. The predicted molar refractivity (Wildman–Crippen MR) is 69.4 cm³/mol. The smallest absolute Gasteiger partial charge is 0.214 e. The predicted octanol–water partition coefficient (Wildman–Crippen LogP) is 1.05. The molecule has 2 rings (SSSR count). The number of sulfonamides is 1. The molecule has 0 aliphatic carbocycles. The molecule has 2 fully saturated rings. The summed E-state index contributed by atoms with van der Waals surface area (Å²) in [7, 11) is -2.96. The number of hydrogen-bond acceptors (Lipinski definition) is 3. The Hall–Kier alpha value is -0.130. The molecule has 0 aromatic rings. The minimum atomic E-state index is -2.96. The van der Waals surface area contributed by atoms with E-state index in [-0.39, 0.29) is 0 Å². The zero-order valence-electron chi connectivity index (χ0n) is 10.7. The molecule has 1 N–H and O–H groups in total. The van der Waals surface area contributed by atoms with Crippen LogP contribution in [0.25, 0.3) is 0 Å². The molecule has 4 nitrogen and oxygen atoms in total. The van der Waals surface area contributed by atoms with E-state index in [4.69, 9.17) is 0 Å². The lowest BCUT2D eigenvalue weighted by Gasteiger charge is -2.28. The van der Waals surface area contributed by atoms with E-state index in [0.29, 0.717) is 11.7 Å². The second-order valence-corrected chi connectivity index (χ2v) is 7.40. The quantitative estimate of drug-likeness (QED) is 0.822. The van der Waals surface area contributed by atoms with E-state index in [1.165, 1.54) is 12.8 Å². The highest BCUT2D eigenvalue weighted by atomic mass is 32.2. The average molecular weight is 260 g/mol. The van der Waals surface area contributed by atoms with Gasteiger partial charge in [-0.25, -0.2) is 12.7 Å². The summed E-state index contributed by atoms with van der Waals surface area (Å²) in [4.78, 5) is 0. The van der Waals surface area contributed by atoms with Crippen LogP contribution in [0.2, 0.25) is 0 Å². The first kappa shape index (κ1) is 13.3. The van der Waals surface area contributed by atoms with Crippen molar-refractivity contribution in [1.29, 1.82) is 0 Å². The topological polar surface area (TPSA) is 49.4 Å². The monoisotopic (exact) mass is 260 g/mol. The second kappa shape index (κ2) is 5.67. The first-order chi connectivity index (χ1) is 8.13. The molecule has 0 bridgehead atoms. The standard InChI is InChI=1S/C12H24N2O2S/c1-2-9-17(15,16)14-8-5-12(10-14)11-3-6-13-7-4-11/h11-13H,2-10H2,1H3. The lowest BCUT2D eigenvalue weighted by molar-refractivity contribution is 0.267. The highest BCUT2D eigenvalue weighted by Gasteiger charge is 2.35. The maximum absolute atomic E-state index is 12.0. The van der Waals surface area contributed by atoms with E-state index in [0.717, 1.165) is 44.9 Å². The summed E-state index contributed by atoms with van der Waals surface area (Å²) in [6.07, 6.45) is 4.21. The minimum absolute atomic E-state index is 0.311. The maximum atomic E-state index is 12.0. The summed E-state index contributed by atoms with van der Waals surface area (Å²) in [5.41, 5.74) is 0. The molecular weight excluding hydrogens is 236 g/mol. The molecule has 0 aromatic carbocycles. The maximum Gasteiger partial charge on any atom is 0.214 e. The van der Waals surface area contributed by atoms with Crippen LogP contribution in [0, 0.1) is 11.8 Å². The molecule has 0 spiro atoms. The van der Waals surface area contributed by atoms with Gasteiger partial charge in [0.25, 0.3) is 0 Å². The van der Waals surface area contributed by atoms with Gasteiger partial charge in [0, 0.05) is 13.1 Å². The van der Waals surface area contributed by atoms with Gasteiger partial charge in [0.15, 0.2) is 0 Å². The van der Waals surface area contributed by atoms with Crippen LogP contribution >= 0.6 is 0 Å². The van der Waals surface area contributed by atoms with Crippen molar-refractivity contribution in [2.75, 3.05) is 31.9 Å². The Morgan fingerprint density at radius 3 is 2.53 bits per heavy atom. The summed E-state index contributed by atoms with van der Waals surface area (Å²) in [6.45, 7) is 5.65. The molecule has 5 heteroatoms. The summed E-state index contributed by atoms with van der Waals surface area (Å²) >= 11 is 0. The van der Waals surface area contributed by atoms with Gasteiger partial charge in [-0.3, -0.25) is 0 Å². The Morgan fingerprint density at radius 2 is 1.88 bits per heavy atom.